The smallest absolute Gasteiger partial charge is 0.142 e. The molecule has 0 saturated carbocycles. The van der Waals surface area contributed by atoms with E-state index in [2.05, 4.69) is 46.1 Å². The normalized spacial score (nSPS) is 23.5. The lowest BCUT2D eigenvalue weighted by molar-refractivity contribution is 0.366. The molecular weight excluding hydrogens is 304 g/mol. The molecule has 0 radical (unpaired) electrons. The van der Waals surface area contributed by atoms with Crippen LogP contribution in [0, 0.1) is 0 Å². The summed E-state index contributed by atoms with van der Waals surface area (Å²) in [5.74, 6) is 0.956. The first-order valence-electron chi connectivity index (χ1n) is 6.99. The molecule has 1 fully saturated rings. The first-order chi connectivity index (χ1) is 9.15. The highest BCUT2D eigenvalue weighted by Crippen LogP contribution is 2.35. The van der Waals surface area contributed by atoms with Gasteiger partial charge in [0.2, 0.25) is 0 Å². The number of anilines is 1. The Morgan fingerprint density at radius 2 is 2.26 bits per heavy atom. The summed E-state index contributed by atoms with van der Waals surface area (Å²) in [4.78, 5) is 2.46. The van der Waals surface area contributed by atoms with E-state index in [-0.39, 0.29) is 0 Å². The number of hydrogen-bond donors (Lipinski definition) is 1. The van der Waals surface area contributed by atoms with Crippen LogP contribution in [0.3, 0.4) is 0 Å². The van der Waals surface area contributed by atoms with Crippen LogP contribution in [0.4, 0.5) is 5.69 Å². The number of hydrogen-bond acceptors (Lipinski definition) is 3. The Hall–Kier alpha value is -0.740. The average molecular weight is 327 g/mol. The molecule has 0 aromatic heterocycles. The second-order valence-corrected chi connectivity index (χ2v) is 6.05. The fourth-order valence-corrected chi connectivity index (χ4v) is 3.24. The Morgan fingerprint density at radius 3 is 2.89 bits per heavy atom. The minimum absolute atomic E-state index is 0.529. The summed E-state index contributed by atoms with van der Waals surface area (Å²) in [6.07, 6.45) is 2.37. The predicted molar refractivity (Wildman–Crippen MR) is 84.2 cm³/mol. The van der Waals surface area contributed by atoms with Crippen LogP contribution in [0.2, 0.25) is 0 Å². The van der Waals surface area contributed by atoms with Gasteiger partial charge in [-0.3, -0.25) is 0 Å². The third kappa shape index (κ3) is 3.42. The van der Waals surface area contributed by atoms with E-state index < -0.39 is 0 Å². The van der Waals surface area contributed by atoms with Gasteiger partial charge in [-0.15, -0.1) is 0 Å². The first kappa shape index (κ1) is 14.7. The van der Waals surface area contributed by atoms with Crippen LogP contribution < -0.4 is 15.0 Å². The topological polar surface area (TPSA) is 24.5 Å². The molecule has 1 N–H and O–H groups in total. The zero-order chi connectivity index (χ0) is 13.8. The maximum absolute atomic E-state index is 5.50. The van der Waals surface area contributed by atoms with Crippen LogP contribution in [0.5, 0.6) is 5.75 Å². The van der Waals surface area contributed by atoms with E-state index >= 15 is 0 Å². The van der Waals surface area contributed by atoms with Crippen molar-refractivity contribution < 1.29 is 4.74 Å². The van der Waals surface area contributed by atoms with Gasteiger partial charge in [0.25, 0.3) is 0 Å². The summed E-state index contributed by atoms with van der Waals surface area (Å²) in [6, 6.07) is 7.39. The van der Waals surface area contributed by atoms with E-state index in [0.29, 0.717) is 12.1 Å². The fourth-order valence-electron chi connectivity index (χ4n) is 2.89. The Balaban J connectivity index is 2.16. The predicted octanol–water partition coefficient (Wildman–Crippen LogP) is 3.42. The molecule has 1 aromatic rings. The van der Waals surface area contributed by atoms with E-state index in [1.54, 1.807) is 7.11 Å². The van der Waals surface area contributed by atoms with Crippen molar-refractivity contribution >= 4 is 21.6 Å². The monoisotopic (exact) mass is 326 g/mol. The highest BCUT2D eigenvalue weighted by Gasteiger charge is 2.26. The fraction of sp³-hybridized carbons (Fsp3) is 0.600. The largest absolute Gasteiger partial charge is 0.495 e. The summed E-state index contributed by atoms with van der Waals surface area (Å²) in [7, 11) is 1.74. The van der Waals surface area contributed by atoms with Gasteiger partial charge in [-0.25, -0.2) is 0 Å². The van der Waals surface area contributed by atoms with E-state index in [0.717, 1.165) is 23.3 Å². The molecule has 2 rings (SSSR count). The van der Waals surface area contributed by atoms with Gasteiger partial charge in [0, 0.05) is 23.1 Å². The molecule has 4 heteroatoms. The molecule has 3 nitrogen and oxygen atoms in total. The van der Waals surface area contributed by atoms with Crippen molar-refractivity contribution in [1.29, 1.82) is 0 Å². The van der Waals surface area contributed by atoms with Gasteiger partial charge in [0.1, 0.15) is 5.75 Å². The van der Waals surface area contributed by atoms with Crippen molar-refractivity contribution in [1.82, 2.24) is 5.32 Å². The minimum atomic E-state index is 0.529. The van der Waals surface area contributed by atoms with Gasteiger partial charge < -0.3 is 15.0 Å². The van der Waals surface area contributed by atoms with Crippen molar-refractivity contribution in [3.05, 3.63) is 22.7 Å². The Kier molecular flexibility index (Phi) is 5.11. The molecule has 0 spiro atoms. The second kappa shape index (κ2) is 6.62. The third-order valence-electron chi connectivity index (χ3n) is 3.82. The molecule has 106 valence electrons. The van der Waals surface area contributed by atoms with Gasteiger partial charge in [-0.1, -0.05) is 22.9 Å². The van der Waals surface area contributed by atoms with Gasteiger partial charge in [-0.2, -0.15) is 0 Å². The maximum Gasteiger partial charge on any atom is 0.142 e. The van der Waals surface area contributed by atoms with Crippen molar-refractivity contribution in [3.63, 3.8) is 0 Å². The Bertz CT molecular complexity index is 425. The lowest BCUT2D eigenvalue weighted by Gasteiger charge is -2.40. The number of nitrogens with one attached hydrogen (secondary N) is 1. The molecule has 2 atom stereocenters. The quantitative estimate of drug-likeness (QED) is 0.917. The van der Waals surface area contributed by atoms with Crippen LogP contribution in [0.15, 0.2) is 22.7 Å². The molecule has 1 saturated heterocycles. The summed E-state index contributed by atoms with van der Waals surface area (Å²) in [5.41, 5.74) is 1.19. The molecule has 1 aromatic carbocycles. The van der Waals surface area contributed by atoms with Gasteiger partial charge >= 0.3 is 0 Å². The SMILES string of the molecule is CCNC1CCN(c2cc(Br)ccc2OC)C(C)C1. The number of rotatable bonds is 4. The lowest BCUT2D eigenvalue weighted by atomic mass is 9.97. The Labute approximate surface area is 124 Å². The molecule has 2 unspecified atom stereocenters. The van der Waals surface area contributed by atoms with E-state index in [9.17, 15) is 0 Å². The average Bonchev–Trinajstić information content (AvgIpc) is 2.39. The number of nitrogens with zero attached hydrogens (tertiary/aromatic N) is 1. The van der Waals surface area contributed by atoms with Crippen molar-refractivity contribution in [2.45, 2.75) is 38.8 Å². The summed E-state index contributed by atoms with van der Waals surface area (Å²) < 4.78 is 6.60. The highest BCUT2D eigenvalue weighted by molar-refractivity contribution is 9.10. The van der Waals surface area contributed by atoms with Crippen molar-refractivity contribution in [2.24, 2.45) is 0 Å². The number of halogens is 1. The highest BCUT2D eigenvalue weighted by atomic mass is 79.9. The molecule has 0 amide bonds. The van der Waals surface area contributed by atoms with Crippen LogP contribution >= 0.6 is 15.9 Å². The van der Waals surface area contributed by atoms with E-state index in [1.807, 2.05) is 12.1 Å². The van der Waals surface area contributed by atoms with Crippen LogP contribution in [-0.4, -0.2) is 32.3 Å². The lowest BCUT2D eigenvalue weighted by Crippen LogP contribution is -2.47. The summed E-state index contributed by atoms with van der Waals surface area (Å²) in [6.45, 7) is 6.60. The zero-order valence-corrected chi connectivity index (χ0v) is 13.5. The Morgan fingerprint density at radius 1 is 1.47 bits per heavy atom. The summed E-state index contributed by atoms with van der Waals surface area (Å²) in [5, 5.41) is 3.56. The van der Waals surface area contributed by atoms with Crippen LogP contribution in [0.1, 0.15) is 26.7 Å². The molecule has 19 heavy (non-hydrogen) atoms. The molecule has 0 bridgehead atoms. The van der Waals surface area contributed by atoms with Crippen molar-refractivity contribution in [3.8, 4) is 5.75 Å². The molecule has 0 aliphatic carbocycles. The third-order valence-corrected chi connectivity index (χ3v) is 4.31. The van der Waals surface area contributed by atoms with Gasteiger partial charge in [0.15, 0.2) is 0 Å². The van der Waals surface area contributed by atoms with E-state index in [1.165, 1.54) is 18.5 Å². The standard InChI is InChI=1S/C15H23BrN2O/c1-4-17-13-7-8-18(11(2)9-13)14-10-12(16)5-6-15(14)19-3/h5-6,10-11,13,17H,4,7-9H2,1-3H3. The molecule has 1 aliphatic heterocycles. The summed E-state index contributed by atoms with van der Waals surface area (Å²) >= 11 is 3.55. The number of piperidine rings is 1. The second-order valence-electron chi connectivity index (χ2n) is 5.14. The molecular formula is C15H23BrN2O. The van der Waals surface area contributed by atoms with Crippen molar-refractivity contribution in [2.75, 3.05) is 25.1 Å². The first-order valence-corrected chi connectivity index (χ1v) is 7.78. The maximum atomic E-state index is 5.50. The van der Waals surface area contributed by atoms with Crippen LogP contribution in [-0.2, 0) is 0 Å². The van der Waals surface area contributed by atoms with Gasteiger partial charge in [-0.05, 0) is 44.5 Å². The number of ether oxygens (including phenoxy) is 1. The van der Waals surface area contributed by atoms with E-state index in [4.69, 9.17) is 4.74 Å². The van der Waals surface area contributed by atoms with Gasteiger partial charge in [0.05, 0.1) is 12.8 Å². The molecule has 1 heterocycles. The molecule has 1 aliphatic rings. The minimum Gasteiger partial charge on any atom is -0.495 e. The zero-order valence-electron chi connectivity index (χ0n) is 11.9. The number of benzene rings is 1. The van der Waals surface area contributed by atoms with Crippen LogP contribution in [0.25, 0.3) is 0 Å². The number of methoxy groups -OCH3 is 1.